The topological polar surface area (TPSA) is 21.7 Å². The van der Waals surface area contributed by atoms with Crippen molar-refractivity contribution in [3.8, 4) is 0 Å². The minimum absolute atomic E-state index is 0.232. The van der Waals surface area contributed by atoms with Crippen molar-refractivity contribution in [3.05, 3.63) is 18.4 Å². The number of alkyl halides is 3. The van der Waals surface area contributed by atoms with Crippen LogP contribution in [0.4, 0.5) is 13.2 Å². The Bertz CT molecular complexity index is 225. The van der Waals surface area contributed by atoms with Crippen LogP contribution in [0.2, 0.25) is 0 Å². The number of rotatable bonds is 3. The Labute approximate surface area is 80.0 Å². The zero-order valence-electron chi connectivity index (χ0n) is 7.84. The molecule has 81 valence electrons. The molecule has 0 aromatic carbocycles. The van der Waals surface area contributed by atoms with Gasteiger partial charge >= 0.3 is 6.36 Å². The van der Waals surface area contributed by atoms with Gasteiger partial charge in [0, 0.05) is 0 Å². The molecule has 6 heteroatoms. The Morgan fingerprint density at radius 1 is 1.50 bits per heavy atom. The Morgan fingerprint density at radius 2 is 2.14 bits per heavy atom. The molecule has 0 amide bonds. The van der Waals surface area contributed by atoms with E-state index in [9.17, 15) is 13.2 Å². The molecule has 1 radical (unpaired) electrons. The van der Waals surface area contributed by atoms with Crippen LogP contribution in [0, 0.1) is 12.5 Å². The normalized spacial score (nSPS) is 17.9. The lowest BCUT2D eigenvalue weighted by Crippen LogP contribution is -2.28. The van der Waals surface area contributed by atoms with E-state index in [1.54, 1.807) is 0 Å². The number of nitrogens with zero attached hydrogens (tertiary/aromatic N) is 1. The van der Waals surface area contributed by atoms with Gasteiger partial charge in [0.25, 0.3) is 0 Å². The summed E-state index contributed by atoms with van der Waals surface area (Å²) in [6.45, 7) is 4.94. The second-order valence-electron chi connectivity index (χ2n) is 3.29. The summed E-state index contributed by atoms with van der Waals surface area (Å²) < 4.78 is 35.5. The van der Waals surface area contributed by atoms with E-state index in [0.29, 0.717) is 17.3 Å². The van der Waals surface area contributed by atoms with Crippen molar-refractivity contribution in [1.82, 2.24) is 5.23 Å². The molecular weight excluding hydrogens is 199 g/mol. The predicted molar refractivity (Wildman–Crippen MR) is 41.9 cm³/mol. The Hall–Kier alpha value is -0.750. The van der Waals surface area contributed by atoms with Crippen molar-refractivity contribution >= 4 is 0 Å². The van der Waals surface area contributed by atoms with Crippen LogP contribution in [0.1, 0.15) is 20.3 Å². The third-order valence-electron chi connectivity index (χ3n) is 1.46. The molecule has 0 N–H and O–H groups in total. The van der Waals surface area contributed by atoms with Crippen LogP contribution in [-0.4, -0.2) is 11.6 Å². The summed E-state index contributed by atoms with van der Waals surface area (Å²) >= 11 is 0. The van der Waals surface area contributed by atoms with Crippen LogP contribution in [-0.2, 0) is 9.68 Å². The van der Waals surface area contributed by atoms with Crippen LogP contribution >= 0.6 is 0 Å². The van der Waals surface area contributed by atoms with E-state index in [0.717, 1.165) is 6.61 Å². The van der Waals surface area contributed by atoms with Crippen LogP contribution in [0.3, 0.4) is 0 Å². The third kappa shape index (κ3) is 3.55. The van der Waals surface area contributed by atoms with Crippen LogP contribution in [0.25, 0.3) is 0 Å². The predicted octanol–water partition coefficient (Wildman–Crippen LogP) is 2.78. The Balaban J connectivity index is 2.50. The average molecular weight is 210 g/mol. The highest BCUT2D eigenvalue weighted by atomic mass is 19.4. The fourth-order valence-electron chi connectivity index (χ4n) is 1.03. The number of hydrogen-bond donors (Lipinski definition) is 0. The van der Waals surface area contributed by atoms with Gasteiger partial charge in [0.1, 0.15) is 6.61 Å². The van der Waals surface area contributed by atoms with Gasteiger partial charge in [0.15, 0.2) is 0 Å². The van der Waals surface area contributed by atoms with Gasteiger partial charge in [-0.05, 0) is 18.4 Å². The monoisotopic (exact) mass is 210 g/mol. The van der Waals surface area contributed by atoms with E-state index < -0.39 is 6.36 Å². The van der Waals surface area contributed by atoms with Gasteiger partial charge < -0.3 is 0 Å². The van der Waals surface area contributed by atoms with E-state index in [4.69, 9.17) is 0 Å². The number of hydroxylamine groups is 2. The molecular formula is C8H11F3NO2. The highest BCUT2D eigenvalue weighted by molar-refractivity contribution is 5.06. The molecule has 0 aromatic rings. The molecule has 0 fully saturated rings. The summed E-state index contributed by atoms with van der Waals surface area (Å²) in [4.78, 5) is 8.14. The number of halogens is 3. The highest BCUT2D eigenvalue weighted by Gasteiger charge is 2.36. The summed E-state index contributed by atoms with van der Waals surface area (Å²) in [6, 6.07) is 0. The standard InChI is InChI=1S/C8H11F3NO2/c1-6(2)5-7-3-4-13-12(7)14-8(9,10)11/h3-4,6H,5H2,1-2H3. The highest BCUT2D eigenvalue weighted by Crippen LogP contribution is 2.28. The maximum absolute atomic E-state index is 11.8. The summed E-state index contributed by atoms with van der Waals surface area (Å²) in [5, 5.41) is 0.389. The number of allylic oxidation sites excluding steroid dienone is 1. The molecule has 1 heterocycles. The van der Waals surface area contributed by atoms with Crippen molar-refractivity contribution in [2.24, 2.45) is 5.92 Å². The molecule has 0 unspecified atom stereocenters. The fraction of sp³-hybridized carbons (Fsp3) is 0.625. The van der Waals surface area contributed by atoms with Crippen LogP contribution in [0.5, 0.6) is 0 Å². The summed E-state index contributed by atoms with van der Waals surface area (Å²) in [5.41, 5.74) is 0.359. The summed E-state index contributed by atoms with van der Waals surface area (Å²) in [5.74, 6) is 0.232. The number of hydrogen-bond acceptors (Lipinski definition) is 3. The summed E-state index contributed by atoms with van der Waals surface area (Å²) in [7, 11) is 0. The molecule has 1 rings (SSSR count). The quantitative estimate of drug-likeness (QED) is 0.714. The Kier molecular flexibility index (Phi) is 3.38. The maximum atomic E-state index is 11.8. The van der Waals surface area contributed by atoms with E-state index >= 15 is 0 Å². The van der Waals surface area contributed by atoms with Gasteiger partial charge in [-0.3, -0.25) is 0 Å². The van der Waals surface area contributed by atoms with Gasteiger partial charge in [0.05, 0.1) is 5.70 Å². The third-order valence-corrected chi connectivity index (χ3v) is 1.46. The first kappa shape index (κ1) is 11.3. The minimum atomic E-state index is -4.73. The largest absolute Gasteiger partial charge is 0.545 e. The molecule has 0 aliphatic carbocycles. The molecule has 0 saturated heterocycles. The fourth-order valence-corrected chi connectivity index (χ4v) is 1.03. The van der Waals surface area contributed by atoms with E-state index in [1.165, 1.54) is 6.08 Å². The van der Waals surface area contributed by atoms with Crippen molar-refractivity contribution in [3.63, 3.8) is 0 Å². The average Bonchev–Trinajstić information content (AvgIpc) is 2.32. The molecule has 1 aliphatic rings. The lowest BCUT2D eigenvalue weighted by Gasteiger charge is -2.21. The smallest absolute Gasteiger partial charge is 0.238 e. The second-order valence-corrected chi connectivity index (χ2v) is 3.29. The molecule has 3 nitrogen and oxygen atoms in total. The van der Waals surface area contributed by atoms with Gasteiger partial charge in [-0.25, -0.2) is 4.84 Å². The van der Waals surface area contributed by atoms with E-state index in [2.05, 4.69) is 9.68 Å². The van der Waals surface area contributed by atoms with Crippen LogP contribution in [0.15, 0.2) is 11.8 Å². The lowest BCUT2D eigenvalue weighted by molar-refractivity contribution is -0.472. The van der Waals surface area contributed by atoms with Crippen molar-refractivity contribution in [1.29, 1.82) is 0 Å². The maximum Gasteiger partial charge on any atom is 0.545 e. The minimum Gasteiger partial charge on any atom is -0.238 e. The van der Waals surface area contributed by atoms with Crippen molar-refractivity contribution in [2.45, 2.75) is 26.6 Å². The molecule has 0 saturated carbocycles. The van der Waals surface area contributed by atoms with Crippen LogP contribution < -0.4 is 0 Å². The Morgan fingerprint density at radius 3 is 2.64 bits per heavy atom. The molecule has 1 aliphatic heterocycles. The van der Waals surface area contributed by atoms with Crippen molar-refractivity contribution in [2.75, 3.05) is 0 Å². The van der Waals surface area contributed by atoms with Crippen molar-refractivity contribution < 1.29 is 22.8 Å². The first-order chi connectivity index (χ1) is 6.38. The lowest BCUT2D eigenvalue weighted by atomic mass is 10.1. The molecule has 0 aromatic heterocycles. The van der Waals surface area contributed by atoms with Gasteiger partial charge in [-0.15, -0.1) is 23.2 Å². The molecule has 0 spiro atoms. The SMILES string of the molecule is CC(C)CC1=C[CH]ON1OC(F)(F)F. The van der Waals surface area contributed by atoms with Gasteiger partial charge in [-0.2, -0.15) is 0 Å². The first-order valence-electron chi connectivity index (χ1n) is 4.13. The molecule has 0 bridgehead atoms. The van der Waals surface area contributed by atoms with E-state index in [-0.39, 0.29) is 5.92 Å². The zero-order chi connectivity index (χ0) is 10.8. The first-order valence-corrected chi connectivity index (χ1v) is 4.13. The molecule has 0 atom stereocenters. The van der Waals surface area contributed by atoms with Gasteiger partial charge in [-0.1, -0.05) is 13.8 Å². The van der Waals surface area contributed by atoms with E-state index in [1.807, 2.05) is 13.8 Å². The van der Waals surface area contributed by atoms with Gasteiger partial charge in [0.2, 0.25) is 0 Å². The summed E-state index contributed by atoms with van der Waals surface area (Å²) in [6.07, 6.45) is -2.81. The zero-order valence-corrected chi connectivity index (χ0v) is 7.84. The molecule has 14 heavy (non-hydrogen) atoms. The second kappa shape index (κ2) is 4.18.